The molecule has 0 aromatic heterocycles. The molecular formula is C22H26N2O2. The zero-order valence-electron chi connectivity index (χ0n) is 15.5. The first kappa shape index (κ1) is 18.2. The molecule has 0 amide bonds. The van der Waals surface area contributed by atoms with Gasteiger partial charge in [0.2, 0.25) is 0 Å². The highest BCUT2D eigenvalue weighted by molar-refractivity contribution is 6.31. The number of carbonyl (C=O) groups excluding carboxylic acids is 2. The first-order valence-corrected chi connectivity index (χ1v) is 9.52. The molecule has 0 spiro atoms. The van der Waals surface area contributed by atoms with E-state index in [0.717, 1.165) is 50.1 Å². The first-order chi connectivity index (χ1) is 12.7. The van der Waals surface area contributed by atoms with Crippen LogP contribution in [0.2, 0.25) is 0 Å². The second-order valence-corrected chi connectivity index (χ2v) is 6.68. The Morgan fingerprint density at radius 2 is 1.12 bits per heavy atom. The Labute approximate surface area is 155 Å². The summed E-state index contributed by atoms with van der Waals surface area (Å²) in [6.45, 7) is 5.83. The highest BCUT2D eigenvalue weighted by Crippen LogP contribution is 2.36. The molecule has 0 saturated carbocycles. The molecule has 2 aromatic rings. The summed E-state index contributed by atoms with van der Waals surface area (Å²) < 4.78 is 0. The van der Waals surface area contributed by atoms with Crippen LogP contribution in [-0.2, 0) is 0 Å². The average molecular weight is 350 g/mol. The number of nitrogens with one attached hydrogen (secondary N) is 2. The van der Waals surface area contributed by atoms with Gasteiger partial charge in [0.05, 0.1) is 11.1 Å². The molecular weight excluding hydrogens is 324 g/mol. The van der Waals surface area contributed by atoms with E-state index in [9.17, 15) is 9.59 Å². The van der Waals surface area contributed by atoms with Gasteiger partial charge in [-0.25, -0.2) is 0 Å². The van der Waals surface area contributed by atoms with Crippen LogP contribution < -0.4 is 10.6 Å². The summed E-state index contributed by atoms with van der Waals surface area (Å²) in [5.41, 5.74) is 3.51. The van der Waals surface area contributed by atoms with Crippen molar-refractivity contribution in [3.8, 4) is 0 Å². The number of hydrogen-bond acceptors (Lipinski definition) is 4. The monoisotopic (exact) mass is 350 g/mol. The molecule has 2 aromatic carbocycles. The molecule has 0 aliphatic heterocycles. The van der Waals surface area contributed by atoms with Crippen molar-refractivity contribution >= 4 is 22.9 Å². The summed E-state index contributed by atoms with van der Waals surface area (Å²) in [7, 11) is 0. The van der Waals surface area contributed by atoms with Gasteiger partial charge in [0, 0.05) is 35.6 Å². The zero-order valence-corrected chi connectivity index (χ0v) is 15.5. The molecule has 0 unspecified atom stereocenters. The van der Waals surface area contributed by atoms with Crippen LogP contribution in [0.15, 0.2) is 36.4 Å². The molecule has 0 atom stereocenters. The average Bonchev–Trinajstić information content (AvgIpc) is 2.67. The van der Waals surface area contributed by atoms with Gasteiger partial charge in [-0.2, -0.15) is 0 Å². The lowest BCUT2D eigenvalue weighted by Crippen LogP contribution is -2.24. The second kappa shape index (κ2) is 8.17. The van der Waals surface area contributed by atoms with Gasteiger partial charge in [-0.15, -0.1) is 0 Å². The lowest BCUT2D eigenvalue weighted by Gasteiger charge is -2.24. The Bertz CT molecular complexity index is 759. The minimum absolute atomic E-state index is 0.0756. The number of fused-ring (bicyclic) bond motifs is 2. The van der Waals surface area contributed by atoms with E-state index in [1.54, 1.807) is 12.1 Å². The molecule has 136 valence electrons. The van der Waals surface area contributed by atoms with Crippen LogP contribution in [-0.4, -0.2) is 24.7 Å². The molecule has 4 nitrogen and oxygen atoms in total. The van der Waals surface area contributed by atoms with Gasteiger partial charge in [-0.1, -0.05) is 51.0 Å². The van der Waals surface area contributed by atoms with E-state index >= 15 is 0 Å². The van der Waals surface area contributed by atoms with Crippen molar-refractivity contribution in [1.29, 1.82) is 0 Å². The molecule has 2 N–H and O–H groups in total. The molecule has 4 heteroatoms. The normalized spacial score (nSPS) is 12.5. The lowest BCUT2D eigenvalue weighted by atomic mass is 9.82. The summed E-state index contributed by atoms with van der Waals surface area (Å²) in [6.07, 6.45) is 4.18. The number of anilines is 2. The highest BCUT2D eigenvalue weighted by Gasteiger charge is 2.33. The molecule has 0 fully saturated rings. The summed E-state index contributed by atoms with van der Waals surface area (Å²) in [6, 6.07) is 10.9. The summed E-state index contributed by atoms with van der Waals surface area (Å²) in [4.78, 5) is 26.3. The maximum atomic E-state index is 13.2. The largest absolute Gasteiger partial charge is 0.384 e. The molecule has 3 rings (SSSR count). The van der Waals surface area contributed by atoms with Crippen LogP contribution in [0.1, 0.15) is 71.4 Å². The van der Waals surface area contributed by atoms with Gasteiger partial charge in [0.1, 0.15) is 0 Å². The minimum Gasteiger partial charge on any atom is -0.384 e. The van der Waals surface area contributed by atoms with Crippen LogP contribution in [0.25, 0.3) is 0 Å². The Kier molecular flexibility index (Phi) is 5.71. The van der Waals surface area contributed by atoms with Crippen LogP contribution in [0.3, 0.4) is 0 Å². The summed E-state index contributed by atoms with van der Waals surface area (Å²) in [5, 5.41) is 6.70. The first-order valence-electron chi connectivity index (χ1n) is 9.52. The summed E-state index contributed by atoms with van der Waals surface area (Å²) >= 11 is 0. The van der Waals surface area contributed by atoms with E-state index in [1.807, 2.05) is 24.3 Å². The van der Waals surface area contributed by atoms with Gasteiger partial charge in [0.25, 0.3) is 0 Å². The predicted octanol–water partition coefficient (Wildman–Crippen LogP) is 4.89. The van der Waals surface area contributed by atoms with Crippen molar-refractivity contribution in [1.82, 2.24) is 0 Å². The van der Waals surface area contributed by atoms with Gasteiger partial charge in [-0.05, 0) is 25.0 Å². The Balaban J connectivity index is 2.07. The smallest absolute Gasteiger partial charge is 0.196 e. The van der Waals surface area contributed by atoms with Crippen molar-refractivity contribution in [3.63, 3.8) is 0 Å². The van der Waals surface area contributed by atoms with Crippen molar-refractivity contribution in [2.75, 3.05) is 23.7 Å². The van der Waals surface area contributed by atoms with E-state index in [-0.39, 0.29) is 11.6 Å². The van der Waals surface area contributed by atoms with E-state index in [2.05, 4.69) is 24.5 Å². The van der Waals surface area contributed by atoms with Crippen molar-refractivity contribution in [2.24, 2.45) is 0 Å². The number of unbranched alkanes of at least 4 members (excludes halogenated alkanes) is 2. The molecule has 1 aliphatic rings. The summed E-state index contributed by atoms with van der Waals surface area (Å²) in [5.74, 6) is -0.151. The third-order valence-electron chi connectivity index (χ3n) is 4.77. The van der Waals surface area contributed by atoms with Gasteiger partial charge >= 0.3 is 0 Å². The van der Waals surface area contributed by atoms with Crippen LogP contribution in [0.5, 0.6) is 0 Å². The molecule has 0 heterocycles. The van der Waals surface area contributed by atoms with E-state index in [1.165, 1.54) is 0 Å². The van der Waals surface area contributed by atoms with Crippen molar-refractivity contribution in [2.45, 2.75) is 39.5 Å². The lowest BCUT2D eigenvalue weighted by molar-refractivity contribution is 0.0980. The van der Waals surface area contributed by atoms with E-state index in [0.29, 0.717) is 22.3 Å². The molecule has 0 radical (unpaired) electrons. The maximum absolute atomic E-state index is 13.2. The Morgan fingerprint density at radius 3 is 1.50 bits per heavy atom. The predicted molar refractivity (Wildman–Crippen MR) is 107 cm³/mol. The third kappa shape index (κ3) is 3.36. The number of rotatable bonds is 8. The molecule has 1 aliphatic carbocycles. The number of carbonyl (C=O) groups is 2. The number of benzene rings is 2. The second-order valence-electron chi connectivity index (χ2n) is 6.68. The molecule has 0 saturated heterocycles. The third-order valence-corrected chi connectivity index (χ3v) is 4.77. The quantitative estimate of drug-likeness (QED) is 0.568. The highest BCUT2D eigenvalue weighted by atomic mass is 16.1. The maximum Gasteiger partial charge on any atom is 0.196 e. The van der Waals surface area contributed by atoms with E-state index in [4.69, 9.17) is 0 Å². The van der Waals surface area contributed by atoms with Gasteiger partial charge in [-0.3, -0.25) is 9.59 Å². The Morgan fingerprint density at radius 1 is 0.692 bits per heavy atom. The molecule has 26 heavy (non-hydrogen) atoms. The zero-order chi connectivity index (χ0) is 18.5. The van der Waals surface area contributed by atoms with Crippen LogP contribution in [0, 0.1) is 0 Å². The van der Waals surface area contributed by atoms with Gasteiger partial charge in [0.15, 0.2) is 11.6 Å². The van der Waals surface area contributed by atoms with E-state index < -0.39 is 0 Å². The standard InChI is InChI=1S/C22H26N2O2/c1-3-5-13-23-17-11-12-18(24-14-6-4-2)20-19(17)21(25)15-9-7-8-10-16(15)22(20)26/h7-12,23-24H,3-6,13-14H2,1-2H3. The number of hydrogen-bond donors (Lipinski definition) is 2. The minimum atomic E-state index is -0.0756. The number of ketones is 2. The fraction of sp³-hybridized carbons (Fsp3) is 0.364. The SMILES string of the molecule is CCCCNc1ccc(NCCCC)c2c1C(=O)c1ccccc1C2=O. The molecule has 0 bridgehead atoms. The van der Waals surface area contributed by atoms with Crippen LogP contribution in [0.4, 0.5) is 11.4 Å². The van der Waals surface area contributed by atoms with Crippen molar-refractivity contribution in [3.05, 3.63) is 58.7 Å². The van der Waals surface area contributed by atoms with Crippen LogP contribution >= 0.6 is 0 Å². The van der Waals surface area contributed by atoms with Crippen molar-refractivity contribution < 1.29 is 9.59 Å². The topological polar surface area (TPSA) is 58.2 Å². The van der Waals surface area contributed by atoms with Gasteiger partial charge < -0.3 is 10.6 Å². The fourth-order valence-electron chi connectivity index (χ4n) is 3.32. The fourth-order valence-corrected chi connectivity index (χ4v) is 3.32. The Hall–Kier alpha value is -2.62.